The van der Waals surface area contributed by atoms with Crippen LogP contribution in [0.4, 0.5) is 0 Å². The lowest BCUT2D eigenvalue weighted by Gasteiger charge is -2.41. The van der Waals surface area contributed by atoms with Gasteiger partial charge in [0.2, 0.25) is 59.1 Å². The molecule has 11 amide bonds. The van der Waals surface area contributed by atoms with Crippen molar-refractivity contribution in [3.63, 3.8) is 0 Å². The second-order valence-corrected chi connectivity index (χ2v) is 31.8. The fraction of sp³-hybridized carbons (Fsp3) is 0.849. The summed E-state index contributed by atoms with van der Waals surface area (Å²) in [5.74, 6) is -9.56. The van der Waals surface area contributed by atoms with Crippen molar-refractivity contribution < 1.29 is 67.3 Å². The van der Waals surface area contributed by atoms with E-state index in [1.54, 1.807) is 41.5 Å². The molecule has 2 fully saturated rings. The summed E-state index contributed by atoms with van der Waals surface area (Å²) in [6, 6.07) is -12.6. The fourth-order valence-corrected chi connectivity index (χ4v) is 14.2. The van der Waals surface area contributed by atoms with Crippen molar-refractivity contribution in [2.24, 2.45) is 47.2 Å². The molecule has 576 valence electrons. The number of hydrogen-bond acceptors (Lipinski definition) is 16. The zero-order valence-corrected chi connectivity index (χ0v) is 66.2. The molecule has 2 rings (SSSR count). The number of amides is 11. The molecule has 0 aliphatic carbocycles. The van der Waals surface area contributed by atoms with E-state index in [0.717, 1.165) is 61.6 Å². The molecule has 2 saturated heterocycles. The summed E-state index contributed by atoms with van der Waals surface area (Å²) in [6.45, 7) is 29.8. The normalized spacial score (nSPS) is 27.0. The standard InChI is InChI=1S/C73H134N12O14S/c1-24-52-67(92)85(23)73(100-38-32-37-99-57-34-29-31-36-98-57)72(97)80(18)54(40-44(4)5)64(89)78-58(47(10)11)70(95)79(17)53(39-43(2)3)63(88)75-50(15)62(87)76-51(16)66(91)81(19)55(41-45(6)7)68(93)82(20)56(42-46(8)9)69(94)83(21)59(48(12)13)71(96)84(22)60(65(90)77-52)61(86)49(14)33-28-26-25-27-30-35-74/h43-61,73,86H,24-42,74H2,1-23H3,(H,75,88)(H,76,87)(H,77,90)(H,78,89)/t49-,50-,51?,52+,53-,54+,55-,56+,57?,58-,59+,60?,61-,73-/m1/s1. The van der Waals surface area contributed by atoms with Gasteiger partial charge in [-0.1, -0.05) is 123 Å². The minimum Gasteiger partial charge on any atom is -0.390 e. The van der Waals surface area contributed by atoms with Gasteiger partial charge in [-0.05, 0) is 138 Å². The Morgan fingerprint density at radius 2 is 0.960 bits per heavy atom. The minimum absolute atomic E-state index is 0.00804. The van der Waals surface area contributed by atoms with E-state index in [1.807, 2.05) is 55.4 Å². The highest BCUT2D eigenvalue weighted by molar-refractivity contribution is 8.00. The Labute approximate surface area is 604 Å². The van der Waals surface area contributed by atoms with Gasteiger partial charge in [-0.2, -0.15) is 0 Å². The minimum atomic E-state index is -1.63. The van der Waals surface area contributed by atoms with Gasteiger partial charge in [-0.25, -0.2) is 0 Å². The van der Waals surface area contributed by atoms with Crippen LogP contribution in [0.2, 0.25) is 0 Å². The third-order valence-corrected chi connectivity index (χ3v) is 20.7. The molecule has 100 heavy (non-hydrogen) atoms. The Balaban J connectivity index is 3.10. The van der Waals surface area contributed by atoms with Crippen LogP contribution >= 0.6 is 11.8 Å². The fourth-order valence-electron chi connectivity index (χ4n) is 13.0. The molecule has 0 saturated carbocycles. The van der Waals surface area contributed by atoms with Crippen LogP contribution in [-0.2, 0) is 62.2 Å². The van der Waals surface area contributed by atoms with Crippen LogP contribution in [-0.4, -0.2) is 257 Å². The Morgan fingerprint density at radius 1 is 0.490 bits per heavy atom. The van der Waals surface area contributed by atoms with E-state index in [1.165, 1.54) is 92.6 Å². The van der Waals surface area contributed by atoms with E-state index < -0.39 is 155 Å². The maximum absolute atomic E-state index is 15.5. The molecule has 0 spiro atoms. The van der Waals surface area contributed by atoms with Crippen molar-refractivity contribution in [2.75, 3.05) is 74.8 Å². The van der Waals surface area contributed by atoms with E-state index in [-0.39, 0.29) is 68.7 Å². The molecule has 0 aromatic carbocycles. The first-order chi connectivity index (χ1) is 46.7. The van der Waals surface area contributed by atoms with Crippen LogP contribution in [0.15, 0.2) is 0 Å². The molecule has 3 unspecified atom stereocenters. The van der Waals surface area contributed by atoms with Crippen molar-refractivity contribution >= 4 is 76.7 Å². The van der Waals surface area contributed by atoms with Crippen LogP contribution in [0, 0.1) is 41.4 Å². The number of hydrogen-bond donors (Lipinski definition) is 6. The molecule has 7 N–H and O–H groups in total. The lowest BCUT2D eigenvalue weighted by atomic mass is 9.90. The van der Waals surface area contributed by atoms with Gasteiger partial charge in [-0.3, -0.25) is 52.7 Å². The highest BCUT2D eigenvalue weighted by Gasteiger charge is 2.47. The molecule has 14 atom stereocenters. The number of ether oxygens (including phenoxy) is 2. The van der Waals surface area contributed by atoms with E-state index in [0.29, 0.717) is 38.2 Å². The Bertz CT molecular complexity index is 2630. The molecular formula is C73H134N12O14S. The first-order valence-electron chi connectivity index (χ1n) is 37.0. The van der Waals surface area contributed by atoms with E-state index >= 15 is 33.6 Å². The summed E-state index contributed by atoms with van der Waals surface area (Å²) in [4.78, 5) is 174. The molecule has 26 nitrogen and oxygen atoms in total. The first-order valence-corrected chi connectivity index (χ1v) is 38.1. The summed E-state index contributed by atoms with van der Waals surface area (Å²) in [5.41, 5.74) is 5.77. The number of carbonyl (C=O) groups excluding carboxylic acids is 11. The van der Waals surface area contributed by atoms with Gasteiger partial charge in [0, 0.05) is 55.9 Å². The number of unbranched alkanes of at least 4 members (excludes halogenated alkanes) is 4. The first kappa shape index (κ1) is 90.4. The lowest BCUT2D eigenvalue weighted by molar-refractivity contribution is -0.162. The maximum atomic E-state index is 15.5. The Morgan fingerprint density at radius 3 is 1.46 bits per heavy atom. The highest BCUT2D eigenvalue weighted by atomic mass is 32.2. The quantitative estimate of drug-likeness (QED) is 0.0575. The monoisotopic (exact) mass is 1430 g/mol. The second-order valence-electron chi connectivity index (χ2n) is 30.6. The largest absolute Gasteiger partial charge is 0.390 e. The second kappa shape index (κ2) is 44.1. The van der Waals surface area contributed by atoms with Crippen LogP contribution < -0.4 is 27.0 Å². The topological polar surface area (TPSA) is 323 Å². The highest BCUT2D eigenvalue weighted by Crippen LogP contribution is 2.28. The number of nitrogens with zero attached hydrogens (tertiary/aromatic N) is 7. The van der Waals surface area contributed by atoms with Gasteiger partial charge in [0.05, 0.1) is 12.7 Å². The summed E-state index contributed by atoms with van der Waals surface area (Å²) in [7, 11) is 10.1. The van der Waals surface area contributed by atoms with Crippen LogP contribution in [0.3, 0.4) is 0 Å². The number of thioether (sulfide) groups is 1. The maximum Gasteiger partial charge on any atom is 0.256 e. The molecule has 0 aromatic heterocycles. The van der Waals surface area contributed by atoms with Crippen molar-refractivity contribution in [2.45, 2.75) is 285 Å². The number of aliphatic hydroxyl groups excluding tert-OH is 1. The van der Waals surface area contributed by atoms with Crippen molar-refractivity contribution in [3.05, 3.63) is 0 Å². The number of carbonyl (C=O) groups is 11. The number of nitrogens with one attached hydrogen (secondary N) is 4. The van der Waals surface area contributed by atoms with Crippen molar-refractivity contribution in [3.8, 4) is 0 Å². The van der Waals surface area contributed by atoms with Crippen molar-refractivity contribution in [1.82, 2.24) is 55.6 Å². The summed E-state index contributed by atoms with van der Waals surface area (Å²) in [5, 5.41) is 22.5. The summed E-state index contributed by atoms with van der Waals surface area (Å²) in [6.07, 6.45) is 6.41. The van der Waals surface area contributed by atoms with Gasteiger partial charge in [0.25, 0.3) is 5.91 Å². The zero-order valence-electron chi connectivity index (χ0n) is 65.4. The SMILES string of the molecule is CC[C@@H]1NC(=O)C([C@H](O)[C@H](C)CCCCCCCN)N(C)C(=O)[C@H](C(C)C)N(C)C(=O)[C@H](CC(C)C)N(C)C(=O)[C@@H](CC(C)C)N(C)C(=O)C(C)NC(=O)[C@@H](C)NC(=O)[C@@H](CC(C)C)N(C)C(=O)[C@@H](C(C)C)NC(=O)[C@H](CC(C)C)N(C)C(=O)[C@@H](SCCCOC2CCCCO2)N(C)C1=O. The lowest BCUT2D eigenvalue weighted by Crippen LogP contribution is -2.64. The summed E-state index contributed by atoms with van der Waals surface area (Å²) < 4.78 is 11.8. The van der Waals surface area contributed by atoms with Crippen molar-refractivity contribution in [1.29, 1.82) is 0 Å². The molecule has 0 radical (unpaired) electrons. The number of rotatable bonds is 26. The van der Waals surface area contributed by atoms with Gasteiger partial charge < -0.3 is 75.9 Å². The summed E-state index contributed by atoms with van der Waals surface area (Å²) >= 11 is 1.14. The predicted octanol–water partition coefficient (Wildman–Crippen LogP) is 5.59. The average Bonchev–Trinajstić information content (AvgIpc) is 0.804. The molecule has 0 aromatic rings. The Hall–Kier alpha value is -5.64. The van der Waals surface area contributed by atoms with E-state index in [2.05, 4.69) is 21.3 Å². The van der Waals surface area contributed by atoms with E-state index in [9.17, 15) is 24.3 Å². The molecule has 2 aliphatic rings. The Kier molecular flexibility index (Phi) is 39.9. The predicted molar refractivity (Wildman–Crippen MR) is 391 cm³/mol. The smallest absolute Gasteiger partial charge is 0.256 e. The molecular weight excluding hydrogens is 1300 g/mol. The number of aliphatic hydroxyl groups is 1. The van der Waals surface area contributed by atoms with Crippen LogP contribution in [0.25, 0.3) is 0 Å². The zero-order chi connectivity index (χ0) is 76.3. The van der Waals surface area contributed by atoms with Crippen LogP contribution in [0.1, 0.15) is 207 Å². The van der Waals surface area contributed by atoms with Gasteiger partial charge in [0.15, 0.2) is 11.7 Å². The van der Waals surface area contributed by atoms with Crippen LogP contribution in [0.5, 0.6) is 0 Å². The number of nitrogens with two attached hydrogens (primary N) is 1. The van der Waals surface area contributed by atoms with E-state index in [4.69, 9.17) is 15.2 Å². The van der Waals surface area contributed by atoms with Gasteiger partial charge in [0.1, 0.15) is 60.4 Å². The molecule has 27 heteroatoms. The molecule has 0 bridgehead atoms. The molecule has 2 aliphatic heterocycles. The third kappa shape index (κ3) is 27.2. The van der Waals surface area contributed by atoms with Gasteiger partial charge in [-0.15, -0.1) is 11.8 Å². The molecule has 2 heterocycles. The average molecular weight is 1440 g/mol. The third-order valence-electron chi connectivity index (χ3n) is 19.3. The number of likely N-dealkylation sites (N-methyl/N-ethyl adjacent to an activating group) is 7. The van der Waals surface area contributed by atoms with Gasteiger partial charge >= 0.3 is 0 Å².